The van der Waals surface area contributed by atoms with Crippen LogP contribution in [0, 0.1) is 17.6 Å². The molecule has 0 unspecified atom stereocenters. The minimum absolute atomic E-state index is 0.0569. The summed E-state index contributed by atoms with van der Waals surface area (Å²) in [5, 5.41) is 2.45. The zero-order valence-corrected chi connectivity index (χ0v) is 13.4. The number of piperidine rings is 1. The fourth-order valence-electron chi connectivity index (χ4n) is 2.78. The molecule has 0 bridgehead atoms. The molecule has 0 atom stereocenters. The smallest absolute Gasteiger partial charge is 0.257 e. The topological polar surface area (TPSA) is 45.2 Å². The third-order valence-electron chi connectivity index (χ3n) is 4.31. The summed E-state index contributed by atoms with van der Waals surface area (Å²) in [7, 11) is 0. The first kappa shape index (κ1) is 16.4. The fraction of sp³-hybridized carbons (Fsp3) is 0.333. The lowest BCUT2D eigenvalue weighted by molar-refractivity contribution is 0.102. The van der Waals surface area contributed by atoms with E-state index in [1.165, 1.54) is 12.3 Å². The van der Waals surface area contributed by atoms with E-state index in [0.717, 1.165) is 43.8 Å². The second kappa shape index (κ2) is 6.95. The Balaban J connectivity index is 1.74. The summed E-state index contributed by atoms with van der Waals surface area (Å²) in [6.45, 7) is 4.09. The van der Waals surface area contributed by atoms with Crippen molar-refractivity contribution in [3.05, 3.63) is 53.9 Å². The fourth-order valence-corrected chi connectivity index (χ4v) is 2.78. The van der Waals surface area contributed by atoms with Gasteiger partial charge in [-0.05, 0) is 37.0 Å². The second-order valence-corrected chi connectivity index (χ2v) is 6.18. The standard InChI is InChI=1S/C18H19F2N3O/c1-12-4-6-23(7-5-12)15-8-13(10-21-11-15)18(24)22-17-3-2-14(19)9-16(17)20/h2-3,8-12H,4-7H2,1H3,(H,22,24). The molecule has 1 saturated heterocycles. The summed E-state index contributed by atoms with van der Waals surface area (Å²) in [5.41, 5.74) is 1.17. The summed E-state index contributed by atoms with van der Waals surface area (Å²) >= 11 is 0. The van der Waals surface area contributed by atoms with Crippen molar-refractivity contribution in [3.8, 4) is 0 Å². The van der Waals surface area contributed by atoms with Crippen molar-refractivity contribution in [1.29, 1.82) is 0 Å². The predicted molar refractivity (Wildman–Crippen MR) is 89.2 cm³/mol. The Morgan fingerprint density at radius 3 is 2.67 bits per heavy atom. The number of carbonyl (C=O) groups excluding carboxylic acids is 1. The highest BCUT2D eigenvalue weighted by atomic mass is 19.1. The maximum atomic E-state index is 13.7. The van der Waals surface area contributed by atoms with E-state index < -0.39 is 17.5 Å². The van der Waals surface area contributed by atoms with E-state index in [4.69, 9.17) is 0 Å². The molecule has 0 spiro atoms. The molecule has 1 aliphatic heterocycles. The minimum atomic E-state index is -0.808. The lowest BCUT2D eigenvalue weighted by atomic mass is 9.99. The molecule has 1 aromatic carbocycles. The average Bonchev–Trinajstić information content (AvgIpc) is 2.58. The quantitative estimate of drug-likeness (QED) is 0.929. The summed E-state index contributed by atoms with van der Waals surface area (Å²) in [6, 6.07) is 4.78. The first-order chi connectivity index (χ1) is 11.5. The number of pyridine rings is 1. The first-order valence-electron chi connectivity index (χ1n) is 7.99. The number of rotatable bonds is 3. The van der Waals surface area contributed by atoms with Gasteiger partial charge in [0, 0.05) is 25.4 Å². The van der Waals surface area contributed by atoms with Crippen LogP contribution >= 0.6 is 0 Å². The third kappa shape index (κ3) is 3.69. The molecule has 4 nitrogen and oxygen atoms in total. The Bertz CT molecular complexity index is 743. The zero-order valence-electron chi connectivity index (χ0n) is 13.4. The number of halogens is 2. The molecular formula is C18H19F2N3O. The van der Waals surface area contributed by atoms with E-state index in [2.05, 4.69) is 22.1 Å². The molecule has 126 valence electrons. The normalized spacial score (nSPS) is 15.4. The van der Waals surface area contributed by atoms with Gasteiger partial charge in [0.15, 0.2) is 0 Å². The molecule has 2 aromatic rings. The van der Waals surface area contributed by atoms with Crippen LogP contribution in [0.25, 0.3) is 0 Å². The number of hydrogen-bond donors (Lipinski definition) is 1. The Morgan fingerprint density at radius 1 is 1.21 bits per heavy atom. The van der Waals surface area contributed by atoms with Crippen LogP contribution in [0.4, 0.5) is 20.2 Å². The van der Waals surface area contributed by atoms with Gasteiger partial charge in [-0.2, -0.15) is 0 Å². The number of aromatic nitrogens is 1. The van der Waals surface area contributed by atoms with E-state index in [9.17, 15) is 13.6 Å². The van der Waals surface area contributed by atoms with Crippen LogP contribution in [-0.2, 0) is 0 Å². The molecule has 1 N–H and O–H groups in total. The van der Waals surface area contributed by atoms with Crippen molar-refractivity contribution in [2.45, 2.75) is 19.8 Å². The van der Waals surface area contributed by atoms with Gasteiger partial charge >= 0.3 is 0 Å². The van der Waals surface area contributed by atoms with Crippen molar-refractivity contribution >= 4 is 17.3 Å². The number of benzene rings is 1. The molecule has 1 fully saturated rings. The van der Waals surface area contributed by atoms with Gasteiger partial charge < -0.3 is 10.2 Å². The van der Waals surface area contributed by atoms with Gasteiger partial charge in [0.25, 0.3) is 5.91 Å². The van der Waals surface area contributed by atoms with Crippen LogP contribution in [-0.4, -0.2) is 24.0 Å². The van der Waals surface area contributed by atoms with Gasteiger partial charge in [-0.3, -0.25) is 9.78 Å². The Kier molecular flexibility index (Phi) is 4.74. The number of amides is 1. The van der Waals surface area contributed by atoms with Crippen LogP contribution in [0.1, 0.15) is 30.1 Å². The molecule has 6 heteroatoms. The summed E-state index contributed by atoms with van der Waals surface area (Å²) in [5.74, 6) is -1.26. The van der Waals surface area contributed by atoms with Crippen molar-refractivity contribution in [3.63, 3.8) is 0 Å². The van der Waals surface area contributed by atoms with Gasteiger partial charge in [-0.25, -0.2) is 8.78 Å². The SMILES string of the molecule is CC1CCN(c2cncc(C(=O)Nc3ccc(F)cc3F)c2)CC1. The zero-order chi connectivity index (χ0) is 17.1. The van der Waals surface area contributed by atoms with Crippen LogP contribution in [0.5, 0.6) is 0 Å². The van der Waals surface area contributed by atoms with Gasteiger partial charge in [0.1, 0.15) is 11.6 Å². The molecule has 1 aromatic heterocycles. The van der Waals surface area contributed by atoms with Gasteiger partial charge in [-0.15, -0.1) is 0 Å². The molecule has 1 aliphatic rings. The summed E-state index contributed by atoms with van der Waals surface area (Å²) in [4.78, 5) is 18.6. The molecule has 0 radical (unpaired) electrons. The molecule has 1 amide bonds. The number of anilines is 2. The van der Waals surface area contributed by atoms with Crippen molar-refractivity contribution in [2.75, 3.05) is 23.3 Å². The first-order valence-corrected chi connectivity index (χ1v) is 7.99. The van der Waals surface area contributed by atoms with E-state index in [-0.39, 0.29) is 5.69 Å². The molecule has 24 heavy (non-hydrogen) atoms. The molecule has 0 saturated carbocycles. The Morgan fingerprint density at radius 2 is 1.96 bits per heavy atom. The van der Waals surface area contributed by atoms with Crippen LogP contribution in [0.15, 0.2) is 36.7 Å². The Hall–Kier alpha value is -2.50. The number of nitrogens with zero attached hydrogens (tertiary/aromatic N) is 2. The highest BCUT2D eigenvalue weighted by Crippen LogP contribution is 2.23. The van der Waals surface area contributed by atoms with Gasteiger partial charge in [-0.1, -0.05) is 6.92 Å². The predicted octanol–water partition coefficient (Wildman–Crippen LogP) is 3.85. The molecule has 0 aliphatic carbocycles. The molecular weight excluding hydrogens is 312 g/mol. The number of carbonyl (C=O) groups is 1. The lowest BCUT2D eigenvalue weighted by Gasteiger charge is -2.32. The van der Waals surface area contributed by atoms with Crippen molar-refractivity contribution in [2.24, 2.45) is 5.92 Å². The maximum absolute atomic E-state index is 13.7. The molecule has 3 rings (SSSR count). The second-order valence-electron chi connectivity index (χ2n) is 6.18. The third-order valence-corrected chi connectivity index (χ3v) is 4.31. The highest BCUT2D eigenvalue weighted by Gasteiger charge is 2.18. The van der Waals surface area contributed by atoms with Crippen LogP contribution in [0.2, 0.25) is 0 Å². The van der Waals surface area contributed by atoms with Crippen LogP contribution < -0.4 is 10.2 Å². The van der Waals surface area contributed by atoms with Crippen molar-refractivity contribution < 1.29 is 13.6 Å². The number of hydrogen-bond acceptors (Lipinski definition) is 3. The summed E-state index contributed by atoms with van der Waals surface area (Å²) < 4.78 is 26.6. The number of nitrogens with one attached hydrogen (secondary N) is 1. The van der Waals surface area contributed by atoms with Crippen LogP contribution in [0.3, 0.4) is 0 Å². The van der Waals surface area contributed by atoms with Gasteiger partial charge in [0.2, 0.25) is 0 Å². The summed E-state index contributed by atoms with van der Waals surface area (Å²) in [6.07, 6.45) is 5.38. The maximum Gasteiger partial charge on any atom is 0.257 e. The molecule has 2 heterocycles. The minimum Gasteiger partial charge on any atom is -0.370 e. The van der Waals surface area contributed by atoms with Gasteiger partial charge in [0.05, 0.1) is 23.1 Å². The van der Waals surface area contributed by atoms with E-state index in [1.807, 2.05) is 0 Å². The highest BCUT2D eigenvalue weighted by molar-refractivity contribution is 6.04. The van der Waals surface area contributed by atoms with Crippen molar-refractivity contribution in [1.82, 2.24) is 4.98 Å². The van der Waals surface area contributed by atoms with E-state index in [1.54, 1.807) is 12.3 Å². The largest absolute Gasteiger partial charge is 0.370 e. The van der Waals surface area contributed by atoms with E-state index in [0.29, 0.717) is 11.5 Å². The monoisotopic (exact) mass is 331 g/mol. The lowest BCUT2D eigenvalue weighted by Crippen LogP contribution is -2.33. The average molecular weight is 331 g/mol. The Labute approximate surface area is 139 Å². The van der Waals surface area contributed by atoms with E-state index >= 15 is 0 Å².